The van der Waals surface area contributed by atoms with Gasteiger partial charge >= 0.3 is 11.9 Å². The van der Waals surface area contributed by atoms with Crippen molar-refractivity contribution in [3.8, 4) is 0 Å². The maximum atomic E-state index is 13.0. The van der Waals surface area contributed by atoms with Crippen molar-refractivity contribution in [2.45, 2.75) is 96.0 Å². The van der Waals surface area contributed by atoms with Gasteiger partial charge in [-0.2, -0.15) is 0 Å². The van der Waals surface area contributed by atoms with E-state index in [2.05, 4.69) is 19.1 Å². The minimum absolute atomic E-state index is 0.0175. The third-order valence-electron chi connectivity index (χ3n) is 8.17. The number of esters is 2. The number of unbranched alkanes of at least 4 members (excludes halogenated alkanes) is 2. The lowest BCUT2D eigenvalue weighted by molar-refractivity contribution is -0.151. The second kappa shape index (κ2) is 13.6. The quantitative estimate of drug-likeness (QED) is 0.235. The fraction of sp³-hybridized carbons (Fsp3) is 0.562. The summed E-state index contributed by atoms with van der Waals surface area (Å²) in [5, 5.41) is 0. The molecule has 2 aromatic rings. The summed E-state index contributed by atoms with van der Waals surface area (Å²) in [6.07, 6.45) is 13.8. The van der Waals surface area contributed by atoms with Crippen molar-refractivity contribution in [1.82, 2.24) is 0 Å². The molecular weight excluding hydrogens is 448 g/mol. The number of hydrogen-bond donors (Lipinski definition) is 0. The van der Waals surface area contributed by atoms with Gasteiger partial charge in [0.05, 0.1) is 11.5 Å². The van der Waals surface area contributed by atoms with E-state index in [4.69, 9.17) is 9.47 Å². The zero-order chi connectivity index (χ0) is 25.2. The Morgan fingerprint density at radius 2 is 1.56 bits per heavy atom. The molecule has 1 atom stereocenters. The predicted molar refractivity (Wildman–Crippen MR) is 143 cm³/mol. The van der Waals surface area contributed by atoms with Gasteiger partial charge in [-0.25, -0.2) is 4.79 Å². The molecule has 2 aliphatic rings. The lowest BCUT2D eigenvalue weighted by Crippen LogP contribution is -2.22. The van der Waals surface area contributed by atoms with E-state index in [-0.39, 0.29) is 24.5 Å². The van der Waals surface area contributed by atoms with Gasteiger partial charge in [0.25, 0.3) is 0 Å². The molecule has 2 fully saturated rings. The number of benzene rings is 2. The van der Waals surface area contributed by atoms with Crippen LogP contribution in [0, 0.1) is 11.8 Å². The first-order valence-corrected chi connectivity index (χ1v) is 14.2. The summed E-state index contributed by atoms with van der Waals surface area (Å²) in [7, 11) is 0. The Hall–Kier alpha value is -2.62. The van der Waals surface area contributed by atoms with E-state index in [0.717, 1.165) is 37.2 Å². The van der Waals surface area contributed by atoms with E-state index >= 15 is 0 Å². The highest BCUT2D eigenvalue weighted by Crippen LogP contribution is 2.38. The molecule has 2 aliphatic carbocycles. The van der Waals surface area contributed by atoms with Crippen LogP contribution in [0.4, 0.5) is 0 Å². The molecule has 0 bridgehead atoms. The molecule has 0 saturated heterocycles. The summed E-state index contributed by atoms with van der Waals surface area (Å²) in [6.45, 7) is 2.31. The average molecular weight is 491 g/mol. The number of carbonyl (C=O) groups excluding carboxylic acids is 2. The average Bonchev–Trinajstić information content (AvgIpc) is 3.47. The van der Waals surface area contributed by atoms with E-state index in [1.807, 2.05) is 42.5 Å². The van der Waals surface area contributed by atoms with Crippen molar-refractivity contribution < 1.29 is 19.1 Å². The summed E-state index contributed by atoms with van der Waals surface area (Å²) < 4.78 is 11.5. The van der Waals surface area contributed by atoms with Gasteiger partial charge in [-0.1, -0.05) is 87.9 Å². The maximum absolute atomic E-state index is 13.0. The molecule has 4 nitrogen and oxygen atoms in total. The zero-order valence-corrected chi connectivity index (χ0v) is 21.8. The highest BCUT2D eigenvalue weighted by Gasteiger charge is 2.27. The normalized spacial score (nSPS) is 21.1. The molecule has 0 spiro atoms. The Bertz CT molecular complexity index is 938. The van der Waals surface area contributed by atoms with Crippen molar-refractivity contribution in [1.29, 1.82) is 0 Å². The van der Waals surface area contributed by atoms with Gasteiger partial charge in [-0.15, -0.1) is 0 Å². The first-order valence-electron chi connectivity index (χ1n) is 14.2. The van der Waals surface area contributed by atoms with Gasteiger partial charge in [0.15, 0.2) is 6.10 Å². The topological polar surface area (TPSA) is 52.6 Å². The van der Waals surface area contributed by atoms with Gasteiger partial charge < -0.3 is 9.47 Å². The first kappa shape index (κ1) is 26.4. The Morgan fingerprint density at radius 3 is 2.22 bits per heavy atom. The first-order chi connectivity index (χ1) is 17.6. The molecule has 0 N–H and O–H groups in total. The van der Waals surface area contributed by atoms with Crippen LogP contribution in [0.1, 0.15) is 117 Å². The van der Waals surface area contributed by atoms with Gasteiger partial charge in [0.2, 0.25) is 0 Å². The summed E-state index contributed by atoms with van der Waals surface area (Å²) in [5.41, 5.74) is 2.69. The van der Waals surface area contributed by atoms with E-state index in [1.54, 1.807) is 0 Å². The molecule has 36 heavy (non-hydrogen) atoms. The smallest absolute Gasteiger partial charge is 0.338 e. The molecule has 194 valence electrons. The highest BCUT2D eigenvalue weighted by molar-refractivity contribution is 5.89. The molecule has 0 aliphatic heterocycles. The second-order valence-electron chi connectivity index (χ2n) is 10.8. The van der Waals surface area contributed by atoms with Crippen LogP contribution in [0.3, 0.4) is 0 Å². The van der Waals surface area contributed by atoms with E-state index in [0.29, 0.717) is 11.5 Å². The third-order valence-corrected chi connectivity index (χ3v) is 8.17. The Labute approximate surface area is 216 Å². The minimum atomic E-state index is -0.619. The predicted octanol–water partition coefficient (Wildman–Crippen LogP) is 8.17. The van der Waals surface area contributed by atoms with Crippen molar-refractivity contribution in [3.63, 3.8) is 0 Å². The molecule has 2 saturated carbocycles. The standard InChI is InChI=1S/C32H42O4/c1-2-3-5-10-24-15-17-25(18-16-24)26-19-21-29(22-20-26)32(34)36-30(27-11-6-4-7-12-27)23-35-31(33)28-13-8-9-14-28/h4,6-7,11-12,19-22,24-25,28,30H,2-3,5,8-10,13-18,23H2,1H3. The van der Waals surface area contributed by atoms with Crippen molar-refractivity contribution in [2.75, 3.05) is 6.61 Å². The van der Waals surface area contributed by atoms with Crippen molar-refractivity contribution in [2.24, 2.45) is 11.8 Å². The van der Waals surface area contributed by atoms with Crippen molar-refractivity contribution in [3.05, 3.63) is 71.3 Å². The molecule has 0 amide bonds. The number of rotatable bonds is 11. The molecule has 4 rings (SSSR count). The van der Waals surface area contributed by atoms with E-state index in [9.17, 15) is 9.59 Å². The molecule has 4 heteroatoms. The molecule has 1 unspecified atom stereocenters. The molecule has 0 radical (unpaired) electrons. The van der Waals surface area contributed by atoms with E-state index < -0.39 is 6.10 Å². The van der Waals surface area contributed by atoms with Crippen LogP contribution in [-0.4, -0.2) is 18.5 Å². The number of hydrogen-bond acceptors (Lipinski definition) is 4. The van der Waals surface area contributed by atoms with Gasteiger partial charge in [0, 0.05) is 0 Å². The van der Waals surface area contributed by atoms with Crippen molar-refractivity contribution >= 4 is 11.9 Å². The number of carbonyl (C=O) groups is 2. The second-order valence-corrected chi connectivity index (χ2v) is 10.8. The summed E-state index contributed by atoms with van der Waals surface area (Å²) in [6, 6.07) is 17.5. The van der Waals surface area contributed by atoms with Gasteiger partial charge in [0.1, 0.15) is 6.61 Å². The Morgan fingerprint density at radius 1 is 0.861 bits per heavy atom. The summed E-state index contributed by atoms with van der Waals surface area (Å²) >= 11 is 0. The minimum Gasteiger partial charge on any atom is -0.461 e. The van der Waals surface area contributed by atoms with Crippen LogP contribution in [0.15, 0.2) is 54.6 Å². The van der Waals surface area contributed by atoms with Crippen LogP contribution in [0.5, 0.6) is 0 Å². The third kappa shape index (κ3) is 7.44. The summed E-state index contributed by atoms with van der Waals surface area (Å²) in [5.74, 6) is 0.904. The fourth-order valence-electron chi connectivity index (χ4n) is 5.86. The zero-order valence-electron chi connectivity index (χ0n) is 21.8. The van der Waals surface area contributed by atoms with Crippen LogP contribution in [-0.2, 0) is 14.3 Å². The largest absolute Gasteiger partial charge is 0.461 e. The van der Waals surface area contributed by atoms with Crippen LogP contribution >= 0.6 is 0 Å². The summed E-state index contributed by atoms with van der Waals surface area (Å²) in [4.78, 5) is 25.5. The lowest BCUT2D eigenvalue weighted by Gasteiger charge is -2.29. The van der Waals surface area contributed by atoms with Gasteiger partial charge in [-0.3, -0.25) is 4.79 Å². The SMILES string of the molecule is CCCCCC1CCC(c2ccc(C(=O)OC(COC(=O)C3CCCC3)c3ccccc3)cc2)CC1. The maximum Gasteiger partial charge on any atom is 0.338 e. The van der Waals surface area contributed by atoms with Gasteiger partial charge in [-0.05, 0) is 73.6 Å². The molecule has 0 aromatic heterocycles. The van der Waals surface area contributed by atoms with Crippen LogP contribution < -0.4 is 0 Å². The highest BCUT2D eigenvalue weighted by atomic mass is 16.6. The van der Waals surface area contributed by atoms with Crippen LogP contribution in [0.2, 0.25) is 0 Å². The molecular formula is C32H42O4. The monoisotopic (exact) mass is 490 g/mol. The molecule has 0 heterocycles. The number of ether oxygens (including phenoxy) is 2. The molecule has 2 aromatic carbocycles. The van der Waals surface area contributed by atoms with E-state index in [1.165, 1.54) is 56.9 Å². The lowest BCUT2D eigenvalue weighted by atomic mass is 9.77. The van der Waals surface area contributed by atoms with Crippen LogP contribution in [0.25, 0.3) is 0 Å². The fourth-order valence-corrected chi connectivity index (χ4v) is 5.86. The Kier molecular flexibility index (Phi) is 10.0. The Balaban J connectivity index is 1.32.